The van der Waals surface area contributed by atoms with Gasteiger partial charge in [0.25, 0.3) is 0 Å². The number of hydrogen-bond acceptors (Lipinski definition) is 3. The summed E-state index contributed by atoms with van der Waals surface area (Å²) in [5.74, 6) is 7.35. The number of amides is 2. The minimum atomic E-state index is 0.0979. The lowest BCUT2D eigenvalue weighted by atomic mass is 9.74. The monoisotopic (exact) mass is 437 g/mol. The van der Waals surface area contributed by atoms with E-state index in [1.807, 2.05) is 4.90 Å². The van der Waals surface area contributed by atoms with Gasteiger partial charge in [0.05, 0.1) is 6.61 Å². The van der Waals surface area contributed by atoms with Crippen molar-refractivity contribution in [1.82, 2.24) is 15.1 Å². The normalized spacial score (nSPS) is 26.5. The molecule has 3 atom stereocenters. The third-order valence-corrected chi connectivity index (χ3v) is 7.38. The van der Waals surface area contributed by atoms with Gasteiger partial charge in [-0.1, -0.05) is 50.7 Å². The molecule has 2 aliphatic heterocycles. The molecule has 0 aromatic heterocycles. The van der Waals surface area contributed by atoms with Crippen molar-refractivity contribution in [2.45, 2.75) is 82.8 Å². The van der Waals surface area contributed by atoms with E-state index < -0.39 is 0 Å². The molecule has 1 aliphatic carbocycles. The summed E-state index contributed by atoms with van der Waals surface area (Å²) in [5.41, 5.74) is 2.29. The molecule has 0 bridgehead atoms. The first kappa shape index (κ1) is 23.1. The zero-order chi connectivity index (χ0) is 22.5. The number of rotatable bonds is 4. The Hall–Kier alpha value is -2.03. The number of hydrogen-bond donors (Lipinski definition) is 2. The van der Waals surface area contributed by atoms with Gasteiger partial charge in [-0.3, -0.25) is 4.90 Å². The summed E-state index contributed by atoms with van der Waals surface area (Å²) < 4.78 is 0. The SMILES string of the molecule is CC(C)CC#Cc1ccc([C@H]2[C@@H](CO)N3CCCCN(C(=O)NC4CCCC4)C[C@@H]23)cc1. The van der Waals surface area contributed by atoms with E-state index in [-0.39, 0.29) is 30.6 Å². The molecule has 174 valence electrons. The Labute approximate surface area is 193 Å². The number of fused-ring (bicyclic) bond motifs is 1. The molecule has 1 saturated carbocycles. The molecule has 2 heterocycles. The van der Waals surface area contributed by atoms with E-state index in [9.17, 15) is 9.90 Å². The van der Waals surface area contributed by atoms with Gasteiger partial charge < -0.3 is 15.3 Å². The van der Waals surface area contributed by atoms with E-state index in [1.54, 1.807) is 0 Å². The third-order valence-electron chi connectivity index (χ3n) is 7.38. The summed E-state index contributed by atoms with van der Waals surface area (Å²) in [6.07, 6.45) is 7.66. The molecule has 5 nitrogen and oxygen atoms in total. The van der Waals surface area contributed by atoms with Crippen LogP contribution in [-0.2, 0) is 0 Å². The lowest BCUT2D eigenvalue weighted by molar-refractivity contribution is -0.0591. The maximum Gasteiger partial charge on any atom is 0.317 e. The fourth-order valence-electron chi connectivity index (χ4n) is 5.61. The molecule has 3 fully saturated rings. The first-order chi connectivity index (χ1) is 15.6. The average Bonchev–Trinajstić information content (AvgIpc) is 3.26. The van der Waals surface area contributed by atoms with Crippen LogP contribution in [-0.4, -0.2) is 65.3 Å². The highest BCUT2D eigenvalue weighted by atomic mass is 16.3. The number of carbonyl (C=O) groups is 1. The predicted octanol–water partition coefficient (Wildman–Crippen LogP) is 3.96. The zero-order valence-corrected chi connectivity index (χ0v) is 19.7. The molecule has 2 N–H and O–H groups in total. The van der Waals surface area contributed by atoms with Crippen LogP contribution >= 0.6 is 0 Å². The molecule has 1 aromatic carbocycles. The van der Waals surface area contributed by atoms with Crippen molar-refractivity contribution in [1.29, 1.82) is 0 Å². The molecular weight excluding hydrogens is 398 g/mol. The summed E-state index contributed by atoms with van der Waals surface area (Å²) in [5, 5.41) is 13.4. The number of carbonyl (C=O) groups excluding carboxylic acids is 1. The summed E-state index contributed by atoms with van der Waals surface area (Å²) in [7, 11) is 0. The van der Waals surface area contributed by atoms with Crippen LogP contribution < -0.4 is 5.32 Å². The van der Waals surface area contributed by atoms with Crippen LogP contribution in [0.2, 0.25) is 0 Å². The summed E-state index contributed by atoms with van der Waals surface area (Å²) >= 11 is 0. The second-order valence-electron chi connectivity index (χ2n) is 10.2. The van der Waals surface area contributed by atoms with Crippen LogP contribution in [0, 0.1) is 17.8 Å². The first-order valence-electron chi connectivity index (χ1n) is 12.6. The van der Waals surface area contributed by atoms with Crippen molar-refractivity contribution < 1.29 is 9.90 Å². The molecule has 5 heteroatoms. The van der Waals surface area contributed by atoms with E-state index in [2.05, 4.69) is 60.2 Å². The predicted molar refractivity (Wildman–Crippen MR) is 128 cm³/mol. The molecule has 32 heavy (non-hydrogen) atoms. The van der Waals surface area contributed by atoms with Gasteiger partial charge in [-0.05, 0) is 55.8 Å². The Morgan fingerprint density at radius 2 is 1.84 bits per heavy atom. The Morgan fingerprint density at radius 1 is 1.12 bits per heavy atom. The van der Waals surface area contributed by atoms with E-state index in [0.29, 0.717) is 12.0 Å². The van der Waals surface area contributed by atoms with E-state index >= 15 is 0 Å². The van der Waals surface area contributed by atoms with Gasteiger partial charge >= 0.3 is 6.03 Å². The van der Waals surface area contributed by atoms with Crippen molar-refractivity contribution in [3.63, 3.8) is 0 Å². The number of urea groups is 1. The highest BCUT2D eigenvalue weighted by Gasteiger charge is 2.49. The van der Waals surface area contributed by atoms with Gasteiger partial charge in [0.2, 0.25) is 0 Å². The molecule has 0 spiro atoms. The number of aliphatic hydroxyl groups excluding tert-OH is 1. The maximum absolute atomic E-state index is 13.0. The number of aliphatic hydroxyl groups is 1. The minimum Gasteiger partial charge on any atom is -0.395 e. The van der Waals surface area contributed by atoms with E-state index in [0.717, 1.165) is 57.3 Å². The Balaban J connectivity index is 1.46. The van der Waals surface area contributed by atoms with Crippen molar-refractivity contribution >= 4 is 6.03 Å². The second-order valence-corrected chi connectivity index (χ2v) is 10.2. The maximum atomic E-state index is 13.0. The van der Waals surface area contributed by atoms with Crippen molar-refractivity contribution in [3.8, 4) is 11.8 Å². The fraction of sp³-hybridized carbons (Fsp3) is 0.667. The van der Waals surface area contributed by atoms with Crippen LogP contribution in [0.1, 0.15) is 75.8 Å². The Bertz CT molecular complexity index is 820. The first-order valence-corrected chi connectivity index (χ1v) is 12.6. The van der Waals surface area contributed by atoms with Crippen LogP contribution in [0.3, 0.4) is 0 Å². The lowest BCUT2D eigenvalue weighted by Gasteiger charge is -2.57. The lowest BCUT2D eigenvalue weighted by Crippen LogP contribution is -2.68. The van der Waals surface area contributed by atoms with Gasteiger partial charge in [-0.2, -0.15) is 0 Å². The Kier molecular flexibility index (Phi) is 7.75. The minimum absolute atomic E-state index is 0.0979. The van der Waals surface area contributed by atoms with Crippen LogP contribution in [0.25, 0.3) is 0 Å². The van der Waals surface area contributed by atoms with E-state index in [4.69, 9.17) is 0 Å². The molecule has 0 radical (unpaired) electrons. The molecular formula is C27H39N3O2. The van der Waals surface area contributed by atoms with Crippen molar-refractivity contribution in [2.75, 3.05) is 26.2 Å². The molecule has 4 rings (SSSR count). The average molecular weight is 438 g/mol. The fourth-order valence-corrected chi connectivity index (χ4v) is 5.61. The van der Waals surface area contributed by atoms with Crippen LogP contribution in [0.15, 0.2) is 24.3 Å². The van der Waals surface area contributed by atoms with Gasteiger partial charge in [0.15, 0.2) is 0 Å². The summed E-state index contributed by atoms with van der Waals surface area (Å²) in [4.78, 5) is 17.5. The molecule has 0 unspecified atom stereocenters. The second kappa shape index (κ2) is 10.7. The topological polar surface area (TPSA) is 55.8 Å². The molecule has 2 amide bonds. The Morgan fingerprint density at radius 3 is 2.53 bits per heavy atom. The number of benzene rings is 1. The quantitative estimate of drug-likeness (QED) is 0.701. The molecule has 2 saturated heterocycles. The van der Waals surface area contributed by atoms with Crippen LogP contribution in [0.4, 0.5) is 4.79 Å². The van der Waals surface area contributed by atoms with Gasteiger partial charge in [-0.15, -0.1) is 0 Å². The van der Waals surface area contributed by atoms with E-state index in [1.165, 1.54) is 18.4 Å². The smallest absolute Gasteiger partial charge is 0.317 e. The van der Waals surface area contributed by atoms with Gasteiger partial charge in [0.1, 0.15) is 0 Å². The molecule has 1 aromatic rings. The highest BCUT2D eigenvalue weighted by Crippen LogP contribution is 2.42. The summed E-state index contributed by atoms with van der Waals surface area (Å²) in [6.45, 7) is 7.08. The highest BCUT2D eigenvalue weighted by molar-refractivity contribution is 5.74. The van der Waals surface area contributed by atoms with Gasteiger partial charge in [0, 0.05) is 49.1 Å². The van der Waals surface area contributed by atoms with Crippen molar-refractivity contribution in [3.05, 3.63) is 35.4 Å². The van der Waals surface area contributed by atoms with Crippen LogP contribution in [0.5, 0.6) is 0 Å². The standard InChI is InChI=1S/C27H39N3O2/c1-20(2)8-7-9-21-12-14-22(15-13-21)26-24-18-29(27(32)28-23-10-3-4-11-23)16-5-6-17-30(24)25(26)19-31/h12-15,20,23-26,31H,3-6,8,10-11,16-19H2,1-2H3,(H,28,32)/t24-,25+,26+/m0/s1. The third kappa shape index (κ3) is 5.30. The van der Waals surface area contributed by atoms with Crippen molar-refractivity contribution in [2.24, 2.45) is 5.92 Å². The number of nitrogens with zero attached hydrogens (tertiary/aromatic N) is 2. The zero-order valence-electron chi connectivity index (χ0n) is 19.7. The number of nitrogens with one attached hydrogen (secondary N) is 1. The summed E-state index contributed by atoms with van der Waals surface area (Å²) in [6, 6.07) is 9.39. The van der Waals surface area contributed by atoms with Gasteiger partial charge in [-0.25, -0.2) is 4.79 Å². The largest absolute Gasteiger partial charge is 0.395 e. The molecule has 3 aliphatic rings.